The Morgan fingerprint density at radius 2 is 1.95 bits per heavy atom. The van der Waals surface area contributed by atoms with Gasteiger partial charge in [-0.2, -0.15) is 0 Å². The first-order valence-corrected chi connectivity index (χ1v) is 5.94. The van der Waals surface area contributed by atoms with Crippen molar-refractivity contribution in [2.75, 3.05) is 11.5 Å². The Balaban J connectivity index is 0.00000200. The predicted octanol–water partition coefficient (Wildman–Crippen LogP) is -1.75. The largest absolute Gasteiger partial charge is 1.00 e. The average Bonchev–Trinajstić information content (AvgIpc) is 2.40. The molecular weight excluding hydrogens is 367 g/mol. The molecule has 0 aliphatic carbocycles. The van der Waals surface area contributed by atoms with E-state index in [1.165, 1.54) is 6.92 Å². The van der Waals surface area contributed by atoms with E-state index >= 15 is 0 Å². The summed E-state index contributed by atoms with van der Waals surface area (Å²) < 4.78 is 1.73. The SMILES string of the molecule is CC(=O)c1cccc(-c2nc(N)[n+](C)c(C)c2N)c1.[I-]. The monoisotopic (exact) mass is 384 g/mol. The standard InChI is InChI=1S/C14H16N4O.HI/c1-8-12(15)13(17-14(16)18(8)3)11-6-4-5-10(7-11)9(2)19;/h4-7,16H,15H2,1-3H3;1H. The van der Waals surface area contributed by atoms with Gasteiger partial charge in [-0.05, 0) is 19.9 Å². The van der Waals surface area contributed by atoms with Gasteiger partial charge in [0.1, 0.15) is 11.4 Å². The first kappa shape index (κ1) is 16.4. The van der Waals surface area contributed by atoms with Crippen LogP contribution in [0.2, 0.25) is 0 Å². The summed E-state index contributed by atoms with van der Waals surface area (Å²) in [6, 6.07) is 7.22. The van der Waals surface area contributed by atoms with Crippen molar-refractivity contribution >= 4 is 17.4 Å². The first-order chi connectivity index (χ1) is 8.91. The first-order valence-electron chi connectivity index (χ1n) is 5.94. The van der Waals surface area contributed by atoms with Crippen LogP contribution in [-0.2, 0) is 7.05 Å². The fourth-order valence-corrected chi connectivity index (χ4v) is 1.88. The molecule has 0 fully saturated rings. The third kappa shape index (κ3) is 2.90. The number of carbonyl (C=O) groups excluding carboxylic acids is 1. The highest BCUT2D eigenvalue weighted by Crippen LogP contribution is 2.26. The van der Waals surface area contributed by atoms with Crippen LogP contribution in [0.5, 0.6) is 0 Å². The van der Waals surface area contributed by atoms with Crippen molar-refractivity contribution in [2.24, 2.45) is 7.05 Å². The van der Waals surface area contributed by atoms with Gasteiger partial charge in [-0.25, -0.2) is 4.57 Å². The van der Waals surface area contributed by atoms with Crippen LogP contribution in [0.1, 0.15) is 23.0 Å². The van der Waals surface area contributed by atoms with Gasteiger partial charge in [-0.3, -0.25) is 10.5 Å². The van der Waals surface area contributed by atoms with Crippen molar-refractivity contribution in [3.8, 4) is 11.3 Å². The average molecular weight is 384 g/mol. The number of hydrogen-bond donors (Lipinski definition) is 2. The molecule has 0 saturated heterocycles. The van der Waals surface area contributed by atoms with E-state index < -0.39 is 0 Å². The van der Waals surface area contributed by atoms with E-state index in [1.54, 1.807) is 16.7 Å². The zero-order valence-corrected chi connectivity index (χ0v) is 13.8. The molecule has 4 N–H and O–H groups in total. The number of rotatable bonds is 2. The Hall–Kier alpha value is -1.70. The number of nitrogen functional groups attached to an aromatic ring is 2. The van der Waals surface area contributed by atoms with E-state index in [0.29, 0.717) is 22.9 Å². The van der Waals surface area contributed by atoms with Crippen molar-refractivity contribution in [1.29, 1.82) is 0 Å². The highest BCUT2D eigenvalue weighted by molar-refractivity contribution is 5.95. The third-order valence-corrected chi connectivity index (χ3v) is 3.26. The number of hydrogen-bond acceptors (Lipinski definition) is 4. The van der Waals surface area contributed by atoms with Gasteiger partial charge in [0.15, 0.2) is 11.5 Å². The molecule has 0 aliphatic rings. The van der Waals surface area contributed by atoms with Gasteiger partial charge >= 0.3 is 5.95 Å². The van der Waals surface area contributed by atoms with Gasteiger partial charge in [0.25, 0.3) is 0 Å². The highest BCUT2D eigenvalue weighted by atomic mass is 127. The fourth-order valence-electron chi connectivity index (χ4n) is 1.88. The molecule has 0 amide bonds. The second-order valence-corrected chi connectivity index (χ2v) is 4.51. The number of anilines is 2. The lowest BCUT2D eigenvalue weighted by molar-refractivity contribution is -0.664. The summed E-state index contributed by atoms with van der Waals surface area (Å²) in [7, 11) is 1.81. The van der Waals surface area contributed by atoms with E-state index in [1.807, 2.05) is 26.1 Å². The summed E-state index contributed by atoms with van der Waals surface area (Å²) in [6.07, 6.45) is 0. The number of benzene rings is 1. The Morgan fingerprint density at radius 1 is 1.30 bits per heavy atom. The quantitative estimate of drug-likeness (QED) is 0.366. The number of Topliss-reactive ketones (excluding diaryl/α,β-unsaturated/α-hetero) is 1. The number of nitrogens with zero attached hydrogens (tertiary/aromatic N) is 2. The molecule has 0 radical (unpaired) electrons. The van der Waals surface area contributed by atoms with Crippen LogP contribution < -0.4 is 40.0 Å². The van der Waals surface area contributed by atoms with Crippen molar-refractivity contribution in [1.82, 2.24) is 4.98 Å². The molecule has 1 aromatic heterocycles. The topological polar surface area (TPSA) is 85.9 Å². The minimum absolute atomic E-state index is 0. The smallest absolute Gasteiger partial charge is 0.389 e. The van der Waals surface area contributed by atoms with Crippen LogP contribution in [0.4, 0.5) is 11.6 Å². The van der Waals surface area contributed by atoms with Gasteiger partial charge in [-0.1, -0.05) is 23.2 Å². The van der Waals surface area contributed by atoms with E-state index in [2.05, 4.69) is 4.98 Å². The summed E-state index contributed by atoms with van der Waals surface area (Å²) in [5, 5.41) is 0. The van der Waals surface area contributed by atoms with Crippen LogP contribution in [0.3, 0.4) is 0 Å². The molecule has 1 aromatic carbocycles. The molecule has 2 rings (SSSR count). The van der Waals surface area contributed by atoms with Crippen molar-refractivity contribution in [3.63, 3.8) is 0 Å². The summed E-state index contributed by atoms with van der Waals surface area (Å²) >= 11 is 0. The lowest BCUT2D eigenvalue weighted by atomic mass is 10.0. The Labute approximate surface area is 135 Å². The van der Waals surface area contributed by atoms with Crippen LogP contribution in [0.25, 0.3) is 11.3 Å². The van der Waals surface area contributed by atoms with Crippen LogP contribution in [0, 0.1) is 6.92 Å². The number of ketones is 1. The maximum atomic E-state index is 11.4. The molecule has 0 spiro atoms. The zero-order chi connectivity index (χ0) is 14.2. The van der Waals surface area contributed by atoms with E-state index in [0.717, 1.165) is 11.3 Å². The molecule has 0 atom stereocenters. The lowest BCUT2D eigenvalue weighted by Crippen LogP contribution is -3.00. The fraction of sp³-hybridized carbons (Fsp3) is 0.214. The minimum atomic E-state index is 0. The maximum absolute atomic E-state index is 11.4. The molecule has 0 bridgehead atoms. The second kappa shape index (κ2) is 6.17. The zero-order valence-electron chi connectivity index (χ0n) is 11.6. The minimum Gasteiger partial charge on any atom is -1.00 e. The number of aromatic nitrogens is 2. The normalized spacial score (nSPS) is 9.95. The molecule has 106 valence electrons. The van der Waals surface area contributed by atoms with Crippen molar-refractivity contribution in [3.05, 3.63) is 35.5 Å². The number of halogens is 1. The predicted molar refractivity (Wildman–Crippen MR) is 74.4 cm³/mol. The molecule has 20 heavy (non-hydrogen) atoms. The Kier molecular flexibility index (Phi) is 5.04. The van der Waals surface area contributed by atoms with E-state index in [-0.39, 0.29) is 29.8 Å². The van der Waals surface area contributed by atoms with Crippen molar-refractivity contribution in [2.45, 2.75) is 13.8 Å². The van der Waals surface area contributed by atoms with Gasteiger partial charge < -0.3 is 29.7 Å². The molecule has 5 nitrogen and oxygen atoms in total. The van der Waals surface area contributed by atoms with Crippen LogP contribution >= 0.6 is 0 Å². The van der Waals surface area contributed by atoms with Crippen LogP contribution in [-0.4, -0.2) is 10.8 Å². The molecule has 1 heterocycles. The number of nitrogens with two attached hydrogens (primary N) is 2. The molecular formula is C14H17IN4O. The summed E-state index contributed by atoms with van der Waals surface area (Å²) in [6.45, 7) is 3.41. The highest BCUT2D eigenvalue weighted by Gasteiger charge is 2.18. The Bertz CT molecular complexity index is 670. The van der Waals surface area contributed by atoms with Gasteiger partial charge in [0, 0.05) is 11.1 Å². The molecule has 0 saturated carbocycles. The third-order valence-electron chi connectivity index (χ3n) is 3.26. The number of carbonyl (C=O) groups is 1. The maximum Gasteiger partial charge on any atom is 0.389 e. The van der Waals surface area contributed by atoms with E-state index in [9.17, 15) is 4.79 Å². The van der Waals surface area contributed by atoms with Gasteiger partial charge in [0.2, 0.25) is 0 Å². The van der Waals surface area contributed by atoms with E-state index in [4.69, 9.17) is 11.5 Å². The summed E-state index contributed by atoms with van der Waals surface area (Å²) in [5.74, 6) is 0.390. The van der Waals surface area contributed by atoms with Crippen molar-refractivity contribution < 1.29 is 33.3 Å². The molecule has 0 unspecified atom stereocenters. The summed E-state index contributed by atoms with van der Waals surface area (Å²) in [5.41, 5.74) is 15.4. The summed E-state index contributed by atoms with van der Waals surface area (Å²) in [4.78, 5) is 15.7. The lowest BCUT2D eigenvalue weighted by Gasteiger charge is -2.08. The molecule has 0 aliphatic heterocycles. The Morgan fingerprint density at radius 3 is 2.55 bits per heavy atom. The van der Waals surface area contributed by atoms with Gasteiger partial charge in [-0.15, -0.1) is 0 Å². The van der Waals surface area contributed by atoms with Gasteiger partial charge in [0.05, 0.1) is 7.05 Å². The molecule has 6 heteroatoms. The molecule has 2 aromatic rings. The van der Waals surface area contributed by atoms with Crippen LogP contribution in [0.15, 0.2) is 24.3 Å². The second-order valence-electron chi connectivity index (χ2n) is 4.51.